The van der Waals surface area contributed by atoms with E-state index in [0.717, 1.165) is 23.9 Å². The van der Waals surface area contributed by atoms with Gasteiger partial charge in [-0.05, 0) is 42.9 Å². The second-order valence-corrected chi connectivity index (χ2v) is 6.20. The molecule has 0 bridgehead atoms. The number of benzene rings is 1. The van der Waals surface area contributed by atoms with E-state index >= 15 is 0 Å². The normalized spacial score (nSPS) is 22.7. The molecule has 0 aliphatic heterocycles. The zero-order valence-corrected chi connectivity index (χ0v) is 12.5. The average Bonchev–Trinajstić information content (AvgIpc) is 2.42. The van der Waals surface area contributed by atoms with Gasteiger partial charge in [0, 0.05) is 18.7 Å². The number of nitrogens with one attached hydrogen (secondary N) is 1. The molecule has 1 N–H and O–H groups in total. The minimum absolute atomic E-state index is 0.0417. The van der Waals surface area contributed by atoms with Gasteiger partial charge in [0.1, 0.15) is 0 Å². The summed E-state index contributed by atoms with van der Waals surface area (Å²) in [4.78, 5) is 10.2. The number of hydrogen-bond donors (Lipinski definition) is 1. The molecule has 5 heteroatoms. The Bertz CT molecular complexity index is 471. The van der Waals surface area contributed by atoms with Gasteiger partial charge in [-0.15, -0.1) is 0 Å². The lowest BCUT2D eigenvalue weighted by Crippen LogP contribution is -2.25. The van der Waals surface area contributed by atoms with Crippen LogP contribution in [-0.2, 0) is 6.54 Å². The van der Waals surface area contributed by atoms with Gasteiger partial charge in [0.15, 0.2) is 0 Å². The molecule has 0 atom stereocenters. The Hall–Kier alpha value is -1.13. The van der Waals surface area contributed by atoms with Crippen LogP contribution in [0.15, 0.2) is 18.2 Å². The Kier molecular flexibility index (Phi) is 5.38. The van der Waals surface area contributed by atoms with Gasteiger partial charge < -0.3 is 5.32 Å². The van der Waals surface area contributed by atoms with Crippen LogP contribution in [0.2, 0.25) is 5.02 Å². The number of nitro groups is 1. The first-order valence-electron chi connectivity index (χ1n) is 7.20. The smallest absolute Gasteiger partial charge is 0.270 e. The first kappa shape index (κ1) is 15.3. The van der Waals surface area contributed by atoms with Crippen molar-refractivity contribution in [3.05, 3.63) is 38.9 Å². The highest BCUT2D eigenvalue weighted by Gasteiger charge is 2.17. The van der Waals surface area contributed by atoms with Crippen molar-refractivity contribution in [3.63, 3.8) is 0 Å². The Morgan fingerprint density at radius 1 is 1.35 bits per heavy atom. The molecule has 1 saturated carbocycles. The van der Waals surface area contributed by atoms with Crippen LogP contribution in [0.3, 0.4) is 0 Å². The second-order valence-electron chi connectivity index (χ2n) is 5.79. The molecular formula is C15H21ClN2O2. The lowest BCUT2D eigenvalue weighted by molar-refractivity contribution is -0.384. The molecule has 2 rings (SSSR count). The number of halogens is 1. The number of nitro benzene ring substituents is 1. The van der Waals surface area contributed by atoms with Crippen molar-refractivity contribution in [2.45, 2.75) is 39.2 Å². The Morgan fingerprint density at radius 2 is 2.05 bits per heavy atom. The fraction of sp³-hybridized carbons (Fsp3) is 0.600. The summed E-state index contributed by atoms with van der Waals surface area (Å²) in [7, 11) is 0. The van der Waals surface area contributed by atoms with Crippen LogP contribution in [-0.4, -0.2) is 11.5 Å². The van der Waals surface area contributed by atoms with Crippen LogP contribution in [0.25, 0.3) is 0 Å². The molecule has 0 aromatic heterocycles. The molecule has 0 unspecified atom stereocenters. The average molecular weight is 297 g/mol. The van der Waals surface area contributed by atoms with E-state index in [1.807, 2.05) is 0 Å². The van der Waals surface area contributed by atoms with Crippen molar-refractivity contribution < 1.29 is 4.92 Å². The third-order valence-electron chi connectivity index (χ3n) is 4.13. The van der Waals surface area contributed by atoms with E-state index in [9.17, 15) is 10.1 Å². The van der Waals surface area contributed by atoms with E-state index in [-0.39, 0.29) is 5.69 Å². The van der Waals surface area contributed by atoms with Gasteiger partial charge in [-0.25, -0.2) is 0 Å². The molecular weight excluding hydrogens is 276 g/mol. The Labute approximate surface area is 124 Å². The van der Waals surface area contributed by atoms with Crippen LogP contribution in [0, 0.1) is 22.0 Å². The van der Waals surface area contributed by atoms with Crippen molar-refractivity contribution in [1.29, 1.82) is 0 Å². The third kappa shape index (κ3) is 4.18. The van der Waals surface area contributed by atoms with E-state index in [0.29, 0.717) is 11.6 Å². The number of hydrogen-bond acceptors (Lipinski definition) is 3. The summed E-state index contributed by atoms with van der Waals surface area (Å²) in [5.41, 5.74) is 0.960. The fourth-order valence-electron chi connectivity index (χ4n) is 2.74. The molecule has 1 aromatic rings. The molecule has 1 aliphatic rings. The maximum Gasteiger partial charge on any atom is 0.270 e. The molecule has 0 heterocycles. The summed E-state index contributed by atoms with van der Waals surface area (Å²) in [5.74, 6) is 1.62. The highest BCUT2D eigenvalue weighted by Crippen LogP contribution is 2.28. The quantitative estimate of drug-likeness (QED) is 0.655. The Morgan fingerprint density at radius 3 is 2.65 bits per heavy atom. The molecule has 0 saturated heterocycles. The van der Waals surface area contributed by atoms with Gasteiger partial charge in [0.2, 0.25) is 0 Å². The van der Waals surface area contributed by atoms with Crippen molar-refractivity contribution in [2.24, 2.45) is 11.8 Å². The highest BCUT2D eigenvalue weighted by atomic mass is 35.5. The van der Waals surface area contributed by atoms with E-state index in [2.05, 4.69) is 12.2 Å². The lowest BCUT2D eigenvalue weighted by atomic mass is 9.83. The predicted molar refractivity (Wildman–Crippen MR) is 80.9 cm³/mol. The summed E-state index contributed by atoms with van der Waals surface area (Å²) >= 11 is 6.07. The van der Waals surface area contributed by atoms with Gasteiger partial charge in [-0.3, -0.25) is 10.1 Å². The minimum atomic E-state index is -0.424. The van der Waals surface area contributed by atoms with Gasteiger partial charge in [0.05, 0.1) is 9.95 Å². The maximum absolute atomic E-state index is 10.6. The van der Waals surface area contributed by atoms with Crippen LogP contribution in [0.1, 0.15) is 38.2 Å². The largest absolute Gasteiger partial charge is 0.312 e. The van der Waals surface area contributed by atoms with Crippen molar-refractivity contribution in [1.82, 2.24) is 5.32 Å². The van der Waals surface area contributed by atoms with Gasteiger partial charge in [-0.1, -0.05) is 31.4 Å². The summed E-state index contributed by atoms with van der Waals surface area (Å²) in [6.07, 6.45) is 5.24. The zero-order valence-electron chi connectivity index (χ0n) is 11.8. The fourth-order valence-corrected chi connectivity index (χ4v) is 2.98. The second kappa shape index (κ2) is 7.04. The molecule has 1 aromatic carbocycles. The van der Waals surface area contributed by atoms with E-state index < -0.39 is 4.92 Å². The van der Waals surface area contributed by atoms with E-state index in [1.54, 1.807) is 6.07 Å². The molecule has 0 amide bonds. The van der Waals surface area contributed by atoms with Crippen LogP contribution >= 0.6 is 11.6 Å². The SMILES string of the molecule is CC1CCC(CNCc2ccc([N+](=O)[O-])cc2Cl)CC1. The maximum atomic E-state index is 10.6. The van der Waals surface area contributed by atoms with Gasteiger partial charge in [0.25, 0.3) is 5.69 Å². The standard InChI is InChI=1S/C15H21ClN2O2/c1-11-2-4-12(5-3-11)9-17-10-13-6-7-14(18(19)20)8-15(13)16/h6-8,11-12,17H,2-5,9-10H2,1H3. The topological polar surface area (TPSA) is 55.2 Å². The van der Waals surface area contributed by atoms with Crippen molar-refractivity contribution in [2.75, 3.05) is 6.54 Å². The summed E-state index contributed by atoms with van der Waals surface area (Å²) in [5, 5.41) is 14.5. The van der Waals surface area contributed by atoms with Crippen LogP contribution in [0.4, 0.5) is 5.69 Å². The molecule has 4 nitrogen and oxygen atoms in total. The van der Waals surface area contributed by atoms with E-state index in [4.69, 9.17) is 11.6 Å². The highest BCUT2D eigenvalue weighted by molar-refractivity contribution is 6.31. The van der Waals surface area contributed by atoms with E-state index in [1.165, 1.54) is 37.8 Å². The van der Waals surface area contributed by atoms with Crippen LogP contribution in [0.5, 0.6) is 0 Å². The van der Waals surface area contributed by atoms with Crippen LogP contribution < -0.4 is 5.32 Å². The molecule has 110 valence electrons. The minimum Gasteiger partial charge on any atom is -0.312 e. The van der Waals surface area contributed by atoms with Gasteiger partial charge >= 0.3 is 0 Å². The first-order chi connectivity index (χ1) is 9.56. The molecule has 1 aliphatic carbocycles. The third-order valence-corrected chi connectivity index (χ3v) is 4.48. The van der Waals surface area contributed by atoms with Crippen molar-refractivity contribution >= 4 is 17.3 Å². The summed E-state index contributed by atoms with van der Waals surface area (Å²) < 4.78 is 0. The number of nitrogens with zero attached hydrogens (tertiary/aromatic N) is 1. The van der Waals surface area contributed by atoms with Gasteiger partial charge in [-0.2, -0.15) is 0 Å². The number of non-ortho nitro benzene ring substituents is 1. The Balaban J connectivity index is 1.81. The van der Waals surface area contributed by atoms with Crippen molar-refractivity contribution in [3.8, 4) is 0 Å². The monoisotopic (exact) mass is 296 g/mol. The molecule has 0 radical (unpaired) electrons. The summed E-state index contributed by atoms with van der Waals surface area (Å²) in [6.45, 7) is 3.99. The number of rotatable bonds is 5. The summed E-state index contributed by atoms with van der Waals surface area (Å²) in [6, 6.07) is 4.66. The lowest BCUT2D eigenvalue weighted by Gasteiger charge is -2.26. The first-order valence-corrected chi connectivity index (χ1v) is 7.57. The zero-order chi connectivity index (χ0) is 14.5. The predicted octanol–water partition coefficient (Wildman–Crippen LogP) is 4.16. The molecule has 0 spiro atoms. The molecule has 1 fully saturated rings. The molecule has 20 heavy (non-hydrogen) atoms.